The summed E-state index contributed by atoms with van der Waals surface area (Å²) < 4.78 is 5.40. The van der Waals surface area contributed by atoms with Gasteiger partial charge in [0.25, 0.3) is 0 Å². The van der Waals surface area contributed by atoms with Crippen LogP contribution in [-0.2, 0) is 9.53 Å². The van der Waals surface area contributed by atoms with E-state index in [0.717, 1.165) is 22.3 Å². The molecule has 4 N–H and O–H groups in total. The summed E-state index contributed by atoms with van der Waals surface area (Å²) in [5.41, 5.74) is 9.94. The monoisotopic (exact) mass is 395 g/mol. The smallest absolute Gasteiger partial charge is 0.407 e. The third kappa shape index (κ3) is 4.93. The number of carbonyl (C=O) groups excluding carboxylic acids is 1. The van der Waals surface area contributed by atoms with Crippen LogP contribution in [0, 0.1) is 0 Å². The number of benzene rings is 2. The molecule has 0 aromatic heterocycles. The first kappa shape index (κ1) is 20.4. The van der Waals surface area contributed by atoms with Crippen molar-refractivity contribution in [2.75, 3.05) is 13.2 Å². The molecule has 0 fully saturated rings. The van der Waals surface area contributed by atoms with Gasteiger partial charge in [-0.15, -0.1) is 0 Å². The molecule has 1 amide bonds. The third-order valence-corrected chi connectivity index (χ3v) is 4.95. The van der Waals surface area contributed by atoms with Crippen LogP contribution in [0.4, 0.5) is 4.79 Å². The van der Waals surface area contributed by atoms with Gasteiger partial charge in [0.05, 0.1) is 5.84 Å². The first-order valence-corrected chi connectivity index (χ1v) is 9.58. The largest absolute Gasteiger partial charge is 0.480 e. The number of fused-ring (bicyclic) bond motifs is 3. The number of ether oxygens (including phenoxy) is 1. The highest BCUT2D eigenvalue weighted by molar-refractivity contribution is 5.81. The van der Waals surface area contributed by atoms with Gasteiger partial charge in [-0.1, -0.05) is 48.5 Å². The third-order valence-electron chi connectivity index (χ3n) is 4.95. The number of nitrogens with one attached hydrogen (secondary N) is 1. The minimum absolute atomic E-state index is 0.0710. The number of rotatable bonds is 8. The Morgan fingerprint density at radius 2 is 1.72 bits per heavy atom. The summed E-state index contributed by atoms with van der Waals surface area (Å²) in [5.74, 6) is -0.730. The van der Waals surface area contributed by atoms with Crippen molar-refractivity contribution in [3.63, 3.8) is 0 Å². The highest BCUT2D eigenvalue weighted by Gasteiger charge is 2.29. The predicted octanol–water partition coefficient (Wildman–Crippen LogP) is 3.14. The molecule has 7 nitrogen and oxygen atoms in total. The number of carboxylic acid groups (broad SMARTS) is 1. The molecule has 152 valence electrons. The van der Waals surface area contributed by atoms with E-state index in [2.05, 4.69) is 22.4 Å². The first-order chi connectivity index (χ1) is 14.0. The quantitative estimate of drug-likeness (QED) is 0.361. The van der Waals surface area contributed by atoms with Gasteiger partial charge in [0.15, 0.2) is 0 Å². The second kappa shape index (κ2) is 9.23. The Labute approximate surface area is 169 Å². The lowest BCUT2D eigenvalue weighted by molar-refractivity contribution is -0.139. The average Bonchev–Trinajstić information content (AvgIpc) is 3.02. The van der Waals surface area contributed by atoms with Crippen LogP contribution in [0.1, 0.15) is 36.8 Å². The van der Waals surface area contributed by atoms with Crippen LogP contribution < -0.4 is 11.1 Å². The van der Waals surface area contributed by atoms with E-state index < -0.39 is 18.1 Å². The van der Waals surface area contributed by atoms with Crippen LogP contribution in [0.3, 0.4) is 0 Å². The van der Waals surface area contributed by atoms with Crippen LogP contribution in [0.15, 0.2) is 53.5 Å². The van der Waals surface area contributed by atoms with E-state index in [9.17, 15) is 14.7 Å². The molecule has 0 saturated heterocycles. The summed E-state index contributed by atoms with van der Waals surface area (Å²) in [7, 11) is 0. The molecule has 7 heteroatoms. The molecular formula is C22H25N3O4. The minimum Gasteiger partial charge on any atom is -0.480 e. The van der Waals surface area contributed by atoms with Crippen molar-refractivity contribution in [2.24, 2.45) is 10.7 Å². The van der Waals surface area contributed by atoms with Crippen molar-refractivity contribution >= 4 is 17.9 Å². The molecular weight excluding hydrogens is 370 g/mol. The second-order valence-electron chi connectivity index (χ2n) is 7.03. The zero-order chi connectivity index (χ0) is 20.8. The zero-order valence-electron chi connectivity index (χ0n) is 16.3. The number of carboxylic acids is 1. The summed E-state index contributed by atoms with van der Waals surface area (Å²) in [6, 6.07) is 15.0. The van der Waals surface area contributed by atoms with E-state index in [-0.39, 0.29) is 18.9 Å². The predicted molar refractivity (Wildman–Crippen MR) is 111 cm³/mol. The van der Waals surface area contributed by atoms with Gasteiger partial charge >= 0.3 is 12.1 Å². The molecule has 0 saturated carbocycles. The summed E-state index contributed by atoms with van der Waals surface area (Å²) in [4.78, 5) is 27.7. The molecule has 0 radical (unpaired) electrons. The molecule has 0 heterocycles. The van der Waals surface area contributed by atoms with Crippen LogP contribution in [0.25, 0.3) is 11.1 Å². The number of hydrogen-bond acceptors (Lipinski definition) is 4. The molecule has 0 unspecified atom stereocenters. The normalized spacial score (nSPS) is 14.0. The van der Waals surface area contributed by atoms with Crippen LogP contribution in [0.5, 0.6) is 0 Å². The molecule has 0 aliphatic heterocycles. The Hall–Kier alpha value is -3.35. The number of aliphatic imine (C=N–C) groups is 1. The minimum atomic E-state index is -1.10. The summed E-state index contributed by atoms with van der Waals surface area (Å²) >= 11 is 0. The van der Waals surface area contributed by atoms with E-state index in [0.29, 0.717) is 18.8 Å². The number of amides is 1. The standard InChI is InChI=1S/C22H25N3O4/c1-14(23)24-12-6-11-20(21(26)27)25-22(28)29-13-19-17-9-4-2-7-15(17)16-8-3-5-10-18(16)19/h2-5,7-10,19-20H,6,11-13H2,1H3,(H2,23,24)(H,25,28)(H,26,27)/t20-/m0/s1. The highest BCUT2D eigenvalue weighted by atomic mass is 16.5. The number of amidine groups is 1. The first-order valence-electron chi connectivity index (χ1n) is 9.58. The Morgan fingerprint density at radius 3 is 2.28 bits per heavy atom. The van der Waals surface area contributed by atoms with Crippen molar-refractivity contribution in [1.82, 2.24) is 5.32 Å². The van der Waals surface area contributed by atoms with Crippen molar-refractivity contribution in [2.45, 2.75) is 31.7 Å². The summed E-state index contributed by atoms with van der Waals surface area (Å²) in [5, 5.41) is 11.8. The van der Waals surface area contributed by atoms with Gasteiger partial charge in [-0.2, -0.15) is 0 Å². The molecule has 2 aromatic carbocycles. The fourth-order valence-corrected chi connectivity index (χ4v) is 3.59. The molecule has 2 aromatic rings. The lowest BCUT2D eigenvalue weighted by Crippen LogP contribution is -2.41. The van der Waals surface area contributed by atoms with Crippen LogP contribution in [0.2, 0.25) is 0 Å². The molecule has 3 rings (SSSR count). The fourth-order valence-electron chi connectivity index (χ4n) is 3.59. The fraction of sp³-hybridized carbons (Fsp3) is 0.318. The van der Waals surface area contributed by atoms with E-state index in [1.807, 2.05) is 36.4 Å². The van der Waals surface area contributed by atoms with Gasteiger partial charge in [-0.3, -0.25) is 4.99 Å². The number of aliphatic carboxylic acids is 1. The average molecular weight is 395 g/mol. The summed E-state index contributed by atoms with van der Waals surface area (Å²) in [6.45, 7) is 2.23. The number of hydrogen-bond donors (Lipinski definition) is 3. The van der Waals surface area contributed by atoms with Crippen molar-refractivity contribution in [3.8, 4) is 11.1 Å². The van der Waals surface area contributed by atoms with Gasteiger partial charge in [-0.25, -0.2) is 9.59 Å². The van der Waals surface area contributed by atoms with E-state index in [4.69, 9.17) is 10.5 Å². The van der Waals surface area contributed by atoms with E-state index in [1.165, 1.54) is 0 Å². The Bertz CT molecular complexity index is 876. The highest BCUT2D eigenvalue weighted by Crippen LogP contribution is 2.44. The number of nitrogens with two attached hydrogens (primary N) is 1. The maximum atomic E-state index is 12.2. The van der Waals surface area contributed by atoms with Crippen LogP contribution >= 0.6 is 0 Å². The van der Waals surface area contributed by atoms with E-state index in [1.54, 1.807) is 6.92 Å². The lowest BCUT2D eigenvalue weighted by atomic mass is 9.98. The van der Waals surface area contributed by atoms with Gasteiger partial charge in [0, 0.05) is 12.5 Å². The topological polar surface area (TPSA) is 114 Å². The molecule has 1 aliphatic carbocycles. The van der Waals surface area contributed by atoms with E-state index >= 15 is 0 Å². The lowest BCUT2D eigenvalue weighted by Gasteiger charge is -2.17. The van der Waals surface area contributed by atoms with Crippen molar-refractivity contribution < 1.29 is 19.4 Å². The molecule has 0 spiro atoms. The Morgan fingerprint density at radius 1 is 1.14 bits per heavy atom. The van der Waals surface area contributed by atoms with Gasteiger partial charge < -0.3 is 20.9 Å². The number of carbonyl (C=O) groups is 2. The Balaban J connectivity index is 1.60. The SMILES string of the molecule is CC(N)=NCCC[C@H](NC(=O)OCC1c2ccccc2-c2ccccc21)C(=O)O. The molecule has 1 aliphatic rings. The van der Waals surface area contributed by atoms with Crippen LogP contribution in [-0.4, -0.2) is 42.2 Å². The number of alkyl carbamates (subject to hydrolysis) is 1. The van der Waals surface area contributed by atoms with Crippen molar-refractivity contribution in [3.05, 3.63) is 59.7 Å². The van der Waals surface area contributed by atoms with Gasteiger partial charge in [-0.05, 0) is 42.0 Å². The summed E-state index contributed by atoms with van der Waals surface area (Å²) in [6.07, 6.45) is 0.00336. The molecule has 0 bridgehead atoms. The maximum absolute atomic E-state index is 12.2. The second-order valence-corrected chi connectivity index (χ2v) is 7.03. The maximum Gasteiger partial charge on any atom is 0.407 e. The van der Waals surface area contributed by atoms with Crippen molar-refractivity contribution in [1.29, 1.82) is 0 Å². The molecule has 29 heavy (non-hydrogen) atoms. The number of nitrogens with zero attached hydrogens (tertiary/aromatic N) is 1. The Kier molecular flexibility index (Phi) is 6.49. The zero-order valence-corrected chi connectivity index (χ0v) is 16.3. The molecule has 1 atom stereocenters. The van der Waals surface area contributed by atoms with Gasteiger partial charge in [0.2, 0.25) is 0 Å². The van der Waals surface area contributed by atoms with Gasteiger partial charge in [0.1, 0.15) is 12.6 Å².